The number of rotatable bonds is 3. The van der Waals surface area contributed by atoms with E-state index in [0.29, 0.717) is 25.6 Å². The number of ether oxygens (including phenoxy) is 1. The molecule has 7 heteroatoms. The monoisotopic (exact) mass is 386 g/mol. The second-order valence-electron chi connectivity index (χ2n) is 8.30. The fraction of sp³-hybridized carbons (Fsp3) is 0.667. The second-order valence-corrected chi connectivity index (χ2v) is 8.30. The molecule has 7 nitrogen and oxygen atoms in total. The molecular weight excluding hydrogens is 356 g/mol. The van der Waals surface area contributed by atoms with Gasteiger partial charge < -0.3 is 19.9 Å². The molecule has 0 saturated carbocycles. The summed E-state index contributed by atoms with van der Waals surface area (Å²) in [5.41, 5.74) is 2.27. The Balaban J connectivity index is 1.39. The van der Waals surface area contributed by atoms with Gasteiger partial charge in [-0.15, -0.1) is 0 Å². The molecule has 4 rings (SSSR count). The smallest absolute Gasteiger partial charge is 0.228 e. The number of nitrogens with one attached hydrogen (secondary N) is 1. The van der Waals surface area contributed by atoms with Gasteiger partial charge in [-0.1, -0.05) is 0 Å². The topological polar surface area (TPSA) is 74.8 Å². The summed E-state index contributed by atoms with van der Waals surface area (Å²) in [6.07, 6.45) is 6.09. The third-order valence-electron chi connectivity index (χ3n) is 6.32. The van der Waals surface area contributed by atoms with Crippen molar-refractivity contribution >= 4 is 17.6 Å². The quantitative estimate of drug-likeness (QED) is 0.855. The Morgan fingerprint density at radius 3 is 2.57 bits per heavy atom. The maximum atomic E-state index is 12.8. The highest BCUT2D eigenvalue weighted by molar-refractivity contribution is 5.91. The van der Waals surface area contributed by atoms with Gasteiger partial charge in [0.2, 0.25) is 11.8 Å². The Bertz CT molecular complexity index is 724. The van der Waals surface area contributed by atoms with Crippen molar-refractivity contribution in [2.24, 2.45) is 11.8 Å². The molecule has 0 radical (unpaired) electrons. The van der Waals surface area contributed by atoms with Gasteiger partial charge in [0.05, 0.1) is 0 Å². The van der Waals surface area contributed by atoms with Gasteiger partial charge in [0.1, 0.15) is 5.82 Å². The van der Waals surface area contributed by atoms with Crippen LogP contribution in [0, 0.1) is 11.8 Å². The van der Waals surface area contributed by atoms with Crippen LogP contribution in [0.5, 0.6) is 0 Å². The summed E-state index contributed by atoms with van der Waals surface area (Å²) < 4.78 is 5.38. The Labute approximate surface area is 166 Å². The number of anilines is 1. The molecule has 0 spiro atoms. The Morgan fingerprint density at radius 1 is 1.07 bits per heavy atom. The van der Waals surface area contributed by atoms with E-state index >= 15 is 0 Å². The van der Waals surface area contributed by atoms with Crippen LogP contribution in [0.4, 0.5) is 5.82 Å². The summed E-state index contributed by atoms with van der Waals surface area (Å²) in [6.45, 7) is 4.62. The number of aromatic nitrogens is 1. The SMILES string of the molecule is CN1CCC(C(=O)Nc2cc3c(cn2)CCN(C(=O)C2CCOCC2)C3)CC1. The maximum absolute atomic E-state index is 12.8. The van der Waals surface area contributed by atoms with Crippen LogP contribution in [0.2, 0.25) is 0 Å². The molecule has 3 aliphatic heterocycles. The van der Waals surface area contributed by atoms with Crippen LogP contribution in [0.15, 0.2) is 12.3 Å². The molecule has 0 aliphatic carbocycles. The maximum Gasteiger partial charge on any atom is 0.228 e. The molecule has 3 aliphatic rings. The van der Waals surface area contributed by atoms with E-state index < -0.39 is 0 Å². The summed E-state index contributed by atoms with van der Waals surface area (Å²) in [5.74, 6) is 1.04. The number of likely N-dealkylation sites (tertiary alicyclic amines) is 1. The molecule has 0 bridgehead atoms. The van der Waals surface area contributed by atoms with Gasteiger partial charge >= 0.3 is 0 Å². The Morgan fingerprint density at radius 2 is 1.82 bits per heavy atom. The van der Waals surface area contributed by atoms with Crippen LogP contribution in [0.25, 0.3) is 0 Å². The van der Waals surface area contributed by atoms with E-state index in [2.05, 4.69) is 22.2 Å². The predicted molar refractivity (Wildman–Crippen MR) is 106 cm³/mol. The lowest BCUT2D eigenvalue weighted by Gasteiger charge is -2.33. The molecule has 0 unspecified atom stereocenters. The lowest BCUT2D eigenvalue weighted by atomic mass is 9.95. The third-order valence-corrected chi connectivity index (χ3v) is 6.32. The molecule has 0 atom stereocenters. The van der Waals surface area contributed by atoms with Gasteiger partial charge in [0, 0.05) is 44.3 Å². The molecule has 2 amide bonds. The van der Waals surface area contributed by atoms with Crippen molar-refractivity contribution in [2.75, 3.05) is 45.2 Å². The van der Waals surface area contributed by atoms with E-state index in [0.717, 1.165) is 57.3 Å². The lowest BCUT2D eigenvalue weighted by Crippen LogP contribution is -2.41. The minimum Gasteiger partial charge on any atom is -0.381 e. The largest absolute Gasteiger partial charge is 0.381 e. The van der Waals surface area contributed by atoms with Crippen molar-refractivity contribution in [2.45, 2.75) is 38.6 Å². The van der Waals surface area contributed by atoms with Crippen LogP contribution in [0.1, 0.15) is 36.8 Å². The number of carbonyl (C=O) groups excluding carboxylic acids is 2. The van der Waals surface area contributed by atoms with Gasteiger partial charge in [-0.3, -0.25) is 9.59 Å². The van der Waals surface area contributed by atoms with E-state index in [9.17, 15) is 9.59 Å². The van der Waals surface area contributed by atoms with Crippen LogP contribution in [0.3, 0.4) is 0 Å². The highest BCUT2D eigenvalue weighted by Crippen LogP contribution is 2.25. The van der Waals surface area contributed by atoms with E-state index in [1.807, 2.05) is 17.2 Å². The first-order chi connectivity index (χ1) is 13.6. The summed E-state index contributed by atoms with van der Waals surface area (Å²) in [6, 6.07) is 1.95. The fourth-order valence-electron chi connectivity index (χ4n) is 4.40. The zero-order valence-corrected chi connectivity index (χ0v) is 16.7. The van der Waals surface area contributed by atoms with Crippen molar-refractivity contribution in [3.63, 3.8) is 0 Å². The molecule has 1 aromatic rings. The van der Waals surface area contributed by atoms with Crippen LogP contribution >= 0.6 is 0 Å². The highest BCUT2D eigenvalue weighted by atomic mass is 16.5. The zero-order chi connectivity index (χ0) is 19.5. The molecule has 0 aromatic carbocycles. The molecule has 28 heavy (non-hydrogen) atoms. The van der Waals surface area contributed by atoms with Gasteiger partial charge in [-0.05, 0) is 69.4 Å². The van der Waals surface area contributed by atoms with Crippen molar-refractivity contribution in [3.05, 3.63) is 23.4 Å². The van der Waals surface area contributed by atoms with E-state index in [1.54, 1.807) is 0 Å². The van der Waals surface area contributed by atoms with Crippen molar-refractivity contribution in [3.8, 4) is 0 Å². The van der Waals surface area contributed by atoms with Gasteiger partial charge in [-0.2, -0.15) is 0 Å². The van der Waals surface area contributed by atoms with Gasteiger partial charge in [0.25, 0.3) is 0 Å². The van der Waals surface area contributed by atoms with E-state index in [-0.39, 0.29) is 23.7 Å². The molecule has 2 fully saturated rings. The number of hydrogen-bond acceptors (Lipinski definition) is 5. The number of nitrogens with zero attached hydrogens (tertiary/aromatic N) is 3. The first-order valence-electron chi connectivity index (χ1n) is 10.4. The van der Waals surface area contributed by atoms with Crippen LogP contribution in [-0.4, -0.2) is 66.5 Å². The number of fused-ring (bicyclic) bond motifs is 1. The normalized spacial score (nSPS) is 22.0. The lowest BCUT2D eigenvalue weighted by molar-refractivity contribution is -0.139. The summed E-state index contributed by atoms with van der Waals surface area (Å²) in [4.78, 5) is 34.1. The highest BCUT2D eigenvalue weighted by Gasteiger charge is 2.29. The predicted octanol–water partition coefficient (Wildman–Crippen LogP) is 1.67. The summed E-state index contributed by atoms with van der Waals surface area (Å²) in [5, 5.41) is 3.00. The van der Waals surface area contributed by atoms with E-state index in [4.69, 9.17) is 4.74 Å². The first kappa shape index (κ1) is 19.3. The van der Waals surface area contributed by atoms with Gasteiger partial charge in [0.15, 0.2) is 0 Å². The molecule has 1 N–H and O–H groups in total. The fourth-order valence-corrected chi connectivity index (χ4v) is 4.40. The van der Waals surface area contributed by atoms with Crippen molar-refractivity contribution < 1.29 is 14.3 Å². The van der Waals surface area contributed by atoms with Crippen molar-refractivity contribution in [1.82, 2.24) is 14.8 Å². The van der Waals surface area contributed by atoms with Crippen molar-refractivity contribution in [1.29, 1.82) is 0 Å². The average molecular weight is 386 g/mol. The molecule has 1 aromatic heterocycles. The minimum absolute atomic E-state index is 0.0561. The number of amides is 2. The Kier molecular flexibility index (Phi) is 5.92. The average Bonchev–Trinajstić information content (AvgIpc) is 2.73. The minimum atomic E-state index is 0.0561. The number of hydrogen-bond donors (Lipinski definition) is 1. The van der Waals surface area contributed by atoms with Crippen LogP contribution < -0.4 is 5.32 Å². The van der Waals surface area contributed by atoms with E-state index in [1.165, 1.54) is 5.56 Å². The van der Waals surface area contributed by atoms with Crippen LogP contribution in [-0.2, 0) is 27.3 Å². The Hall–Kier alpha value is -1.99. The number of piperidine rings is 1. The molecule has 4 heterocycles. The van der Waals surface area contributed by atoms with Gasteiger partial charge in [-0.25, -0.2) is 4.98 Å². The molecular formula is C21H30N4O3. The summed E-state index contributed by atoms with van der Waals surface area (Å²) >= 11 is 0. The number of carbonyl (C=O) groups is 2. The first-order valence-corrected chi connectivity index (χ1v) is 10.4. The number of pyridine rings is 1. The second kappa shape index (κ2) is 8.57. The zero-order valence-electron chi connectivity index (χ0n) is 16.7. The summed E-state index contributed by atoms with van der Waals surface area (Å²) in [7, 11) is 2.09. The molecule has 2 saturated heterocycles. The third kappa shape index (κ3) is 4.36. The molecule has 152 valence electrons. The standard InChI is InChI=1S/C21H30N4O3/c1-24-7-2-15(3-8-24)20(26)23-19-12-18-14-25(9-4-17(18)13-22-19)21(27)16-5-10-28-11-6-16/h12-13,15-16H,2-11,14H2,1H3,(H,22,23,26).